The van der Waals surface area contributed by atoms with E-state index >= 15 is 0 Å². The number of ether oxygens (including phenoxy) is 2. The molecule has 1 aromatic carbocycles. The average Bonchev–Trinajstić information content (AvgIpc) is 2.68. The van der Waals surface area contributed by atoms with Crippen molar-refractivity contribution in [1.29, 1.82) is 0 Å². The van der Waals surface area contributed by atoms with E-state index in [4.69, 9.17) is 9.47 Å². The molecule has 4 nitrogen and oxygen atoms in total. The number of carbonyl (C=O) groups is 1. The maximum Gasteiger partial charge on any atom is 0.220 e. The Morgan fingerprint density at radius 1 is 1.12 bits per heavy atom. The van der Waals surface area contributed by atoms with Crippen molar-refractivity contribution in [3.8, 4) is 11.5 Å². The minimum absolute atomic E-state index is 0.107. The van der Waals surface area contributed by atoms with Crippen LogP contribution in [-0.4, -0.2) is 24.0 Å². The largest absolute Gasteiger partial charge is 0.486 e. The summed E-state index contributed by atoms with van der Waals surface area (Å²) in [5.41, 5.74) is 2.33. The lowest BCUT2D eigenvalue weighted by atomic mass is 10.1. The summed E-state index contributed by atoms with van der Waals surface area (Å²) in [5.74, 6) is 1.71. The number of hydrogen-bond donors (Lipinski definition) is 0. The maximum atomic E-state index is 11.3. The van der Waals surface area contributed by atoms with Crippen LogP contribution in [0.15, 0.2) is 12.1 Å². The predicted molar refractivity (Wildman–Crippen MR) is 57.4 cm³/mol. The number of benzene rings is 1. The second-order valence-electron chi connectivity index (χ2n) is 4.14. The molecule has 2 heterocycles. The van der Waals surface area contributed by atoms with Crippen molar-refractivity contribution in [3.05, 3.63) is 23.3 Å². The molecule has 0 bridgehead atoms. The van der Waals surface area contributed by atoms with Crippen molar-refractivity contribution in [2.24, 2.45) is 0 Å². The third kappa shape index (κ3) is 1.41. The number of nitrogens with zero attached hydrogens (tertiary/aromatic N) is 1. The zero-order chi connectivity index (χ0) is 11.1. The Bertz CT molecular complexity index is 421. The summed E-state index contributed by atoms with van der Waals surface area (Å²) < 4.78 is 11.0. The van der Waals surface area contributed by atoms with Gasteiger partial charge in [-0.2, -0.15) is 0 Å². The molecule has 0 atom stereocenters. The number of carbonyl (C=O) groups excluding carboxylic acids is 1. The second kappa shape index (κ2) is 3.40. The fraction of sp³-hybridized carbons (Fsp3) is 0.417. The van der Waals surface area contributed by atoms with Gasteiger partial charge in [0.25, 0.3) is 0 Å². The van der Waals surface area contributed by atoms with Gasteiger partial charge in [0.2, 0.25) is 5.91 Å². The third-order valence-electron chi connectivity index (χ3n) is 3.03. The minimum Gasteiger partial charge on any atom is -0.486 e. The highest BCUT2D eigenvalue weighted by Gasteiger charge is 2.24. The molecular formula is C12H13NO3. The lowest BCUT2D eigenvalue weighted by molar-refractivity contribution is -0.129. The van der Waals surface area contributed by atoms with Gasteiger partial charge in [-0.1, -0.05) is 0 Å². The van der Waals surface area contributed by atoms with Crippen molar-refractivity contribution in [2.45, 2.75) is 20.0 Å². The van der Waals surface area contributed by atoms with E-state index in [-0.39, 0.29) is 5.91 Å². The SMILES string of the molecule is CC(=O)N1Cc2cc3c(cc2C1)OCCO3. The van der Waals surface area contributed by atoms with E-state index in [0.717, 1.165) is 11.5 Å². The Kier molecular flexibility index (Phi) is 2.02. The number of hydrogen-bond acceptors (Lipinski definition) is 3. The molecule has 1 amide bonds. The molecule has 0 unspecified atom stereocenters. The van der Waals surface area contributed by atoms with Crippen LogP contribution in [0.2, 0.25) is 0 Å². The highest BCUT2D eigenvalue weighted by Crippen LogP contribution is 2.36. The third-order valence-corrected chi connectivity index (χ3v) is 3.03. The first-order valence-corrected chi connectivity index (χ1v) is 5.41. The second-order valence-corrected chi connectivity index (χ2v) is 4.14. The zero-order valence-electron chi connectivity index (χ0n) is 9.16. The molecule has 0 radical (unpaired) electrons. The lowest BCUT2D eigenvalue weighted by Crippen LogP contribution is -2.21. The number of amides is 1. The van der Waals surface area contributed by atoms with Gasteiger partial charge >= 0.3 is 0 Å². The Morgan fingerprint density at radius 3 is 2.06 bits per heavy atom. The van der Waals surface area contributed by atoms with Gasteiger partial charge in [-0.05, 0) is 23.3 Å². The Morgan fingerprint density at radius 2 is 1.62 bits per heavy atom. The average molecular weight is 219 g/mol. The van der Waals surface area contributed by atoms with Crippen molar-refractivity contribution < 1.29 is 14.3 Å². The molecule has 0 saturated heterocycles. The highest BCUT2D eigenvalue weighted by molar-refractivity contribution is 5.74. The topological polar surface area (TPSA) is 38.8 Å². The summed E-state index contributed by atoms with van der Waals surface area (Å²) in [4.78, 5) is 13.1. The van der Waals surface area contributed by atoms with Crippen LogP contribution in [0, 0.1) is 0 Å². The predicted octanol–water partition coefficient (Wildman–Crippen LogP) is 1.32. The van der Waals surface area contributed by atoms with Gasteiger partial charge in [-0.3, -0.25) is 4.79 Å². The van der Waals surface area contributed by atoms with Crippen LogP contribution in [0.25, 0.3) is 0 Å². The van der Waals surface area contributed by atoms with Crippen molar-refractivity contribution >= 4 is 5.91 Å². The molecule has 0 aromatic heterocycles. The van der Waals surface area contributed by atoms with Gasteiger partial charge in [-0.15, -0.1) is 0 Å². The van der Waals surface area contributed by atoms with Gasteiger partial charge in [0.15, 0.2) is 11.5 Å². The van der Waals surface area contributed by atoms with Gasteiger partial charge in [0.1, 0.15) is 13.2 Å². The minimum atomic E-state index is 0.107. The first-order chi connectivity index (χ1) is 7.74. The normalized spacial score (nSPS) is 17.2. The summed E-state index contributed by atoms with van der Waals surface area (Å²) in [7, 11) is 0. The molecule has 0 spiro atoms. The molecule has 1 aromatic rings. The molecule has 0 saturated carbocycles. The van der Waals surface area contributed by atoms with Crippen LogP contribution >= 0.6 is 0 Å². The highest BCUT2D eigenvalue weighted by atomic mass is 16.6. The summed E-state index contributed by atoms with van der Waals surface area (Å²) in [6.07, 6.45) is 0. The van der Waals surface area contributed by atoms with E-state index in [2.05, 4.69) is 0 Å². The summed E-state index contributed by atoms with van der Waals surface area (Å²) >= 11 is 0. The molecule has 16 heavy (non-hydrogen) atoms. The van der Waals surface area contributed by atoms with Gasteiger partial charge in [0, 0.05) is 20.0 Å². The van der Waals surface area contributed by atoms with E-state index in [1.165, 1.54) is 11.1 Å². The zero-order valence-corrected chi connectivity index (χ0v) is 9.16. The molecule has 2 aliphatic heterocycles. The molecule has 3 rings (SSSR count). The van der Waals surface area contributed by atoms with Gasteiger partial charge in [-0.25, -0.2) is 0 Å². The van der Waals surface area contributed by atoms with Crippen LogP contribution in [0.5, 0.6) is 11.5 Å². The molecule has 0 aliphatic carbocycles. The Hall–Kier alpha value is -1.71. The molecule has 0 N–H and O–H groups in total. The van der Waals surface area contributed by atoms with Gasteiger partial charge < -0.3 is 14.4 Å². The molecule has 84 valence electrons. The van der Waals surface area contributed by atoms with E-state index in [1.807, 2.05) is 17.0 Å². The van der Waals surface area contributed by atoms with E-state index < -0.39 is 0 Å². The van der Waals surface area contributed by atoms with Crippen LogP contribution in [0.3, 0.4) is 0 Å². The van der Waals surface area contributed by atoms with Crippen LogP contribution < -0.4 is 9.47 Å². The lowest BCUT2D eigenvalue weighted by Gasteiger charge is -2.19. The molecule has 0 fully saturated rings. The van der Waals surface area contributed by atoms with Crippen LogP contribution in [-0.2, 0) is 17.9 Å². The standard InChI is InChI=1S/C12H13NO3/c1-8(14)13-6-9-4-11-12(5-10(9)7-13)16-3-2-15-11/h4-5H,2-3,6-7H2,1H3. The summed E-state index contributed by atoms with van der Waals surface area (Å²) in [5, 5.41) is 0. The Labute approximate surface area is 93.8 Å². The fourth-order valence-corrected chi connectivity index (χ4v) is 2.16. The summed E-state index contributed by atoms with van der Waals surface area (Å²) in [6, 6.07) is 3.99. The molecule has 2 aliphatic rings. The monoisotopic (exact) mass is 219 g/mol. The molecule has 4 heteroatoms. The maximum absolute atomic E-state index is 11.3. The smallest absolute Gasteiger partial charge is 0.220 e. The number of fused-ring (bicyclic) bond motifs is 2. The van der Waals surface area contributed by atoms with Crippen LogP contribution in [0.1, 0.15) is 18.1 Å². The molecular weight excluding hydrogens is 206 g/mol. The van der Waals surface area contributed by atoms with Crippen molar-refractivity contribution in [1.82, 2.24) is 4.90 Å². The van der Waals surface area contributed by atoms with Crippen molar-refractivity contribution in [2.75, 3.05) is 13.2 Å². The van der Waals surface area contributed by atoms with E-state index in [0.29, 0.717) is 26.3 Å². The Balaban J connectivity index is 1.96. The summed E-state index contributed by atoms with van der Waals surface area (Å²) in [6.45, 7) is 4.16. The van der Waals surface area contributed by atoms with Gasteiger partial charge in [0.05, 0.1) is 0 Å². The van der Waals surface area contributed by atoms with Crippen LogP contribution in [0.4, 0.5) is 0 Å². The fourth-order valence-electron chi connectivity index (χ4n) is 2.16. The first kappa shape index (κ1) is 9.51. The first-order valence-electron chi connectivity index (χ1n) is 5.41. The quantitative estimate of drug-likeness (QED) is 0.660. The van der Waals surface area contributed by atoms with E-state index in [9.17, 15) is 4.79 Å². The number of rotatable bonds is 0. The van der Waals surface area contributed by atoms with E-state index in [1.54, 1.807) is 6.92 Å². The van der Waals surface area contributed by atoms with Crippen molar-refractivity contribution in [3.63, 3.8) is 0 Å².